The van der Waals surface area contributed by atoms with Gasteiger partial charge < -0.3 is 16.4 Å². The summed E-state index contributed by atoms with van der Waals surface area (Å²) in [6, 6.07) is 15.9. The van der Waals surface area contributed by atoms with Crippen molar-refractivity contribution in [2.24, 2.45) is 5.73 Å². The molecule has 0 saturated carbocycles. The van der Waals surface area contributed by atoms with Crippen LogP contribution in [0.5, 0.6) is 0 Å². The molecule has 6 heteroatoms. The molecule has 2 aromatic carbocycles. The molecule has 25 heavy (non-hydrogen) atoms. The first-order valence-corrected chi connectivity index (χ1v) is 7.67. The summed E-state index contributed by atoms with van der Waals surface area (Å²) in [5.74, 6) is -1.30. The van der Waals surface area contributed by atoms with E-state index in [2.05, 4.69) is 10.6 Å². The van der Waals surface area contributed by atoms with Gasteiger partial charge in [0.2, 0.25) is 11.8 Å². The van der Waals surface area contributed by atoms with Crippen LogP contribution in [0.25, 0.3) is 6.08 Å². The molecule has 0 fully saturated rings. The van der Waals surface area contributed by atoms with Gasteiger partial charge in [0.25, 0.3) is 5.91 Å². The molecule has 0 atom stereocenters. The van der Waals surface area contributed by atoms with Gasteiger partial charge in [-0.2, -0.15) is 0 Å². The molecular formula is C19H19N3O3. The van der Waals surface area contributed by atoms with Crippen LogP contribution in [-0.4, -0.2) is 17.7 Å². The van der Waals surface area contributed by atoms with E-state index in [0.717, 1.165) is 11.1 Å². The Labute approximate surface area is 145 Å². The molecule has 4 N–H and O–H groups in total. The highest BCUT2D eigenvalue weighted by atomic mass is 16.2. The number of carbonyl (C=O) groups is 3. The molecule has 0 unspecified atom stereocenters. The standard InChI is InChI=1S/C19H19N3O3/c1-13(23)22-17(11-14-6-3-2-4-7-14)19(25)21-12-15-8-5-9-16(10-15)18(20)24/h2-11H,12H2,1H3,(H2,20,24)(H,21,25)(H,22,23). The van der Waals surface area contributed by atoms with Crippen LogP contribution in [0, 0.1) is 0 Å². The first-order chi connectivity index (χ1) is 12.0. The highest BCUT2D eigenvalue weighted by molar-refractivity contribution is 6.00. The van der Waals surface area contributed by atoms with Gasteiger partial charge in [-0.15, -0.1) is 0 Å². The third-order valence-corrected chi connectivity index (χ3v) is 3.33. The lowest BCUT2D eigenvalue weighted by molar-refractivity contribution is -0.122. The van der Waals surface area contributed by atoms with Crippen LogP contribution in [0.1, 0.15) is 28.4 Å². The van der Waals surface area contributed by atoms with Gasteiger partial charge in [0.15, 0.2) is 0 Å². The van der Waals surface area contributed by atoms with E-state index in [0.29, 0.717) is 5.56 Å². The van der Waals surface area contributed by atoms with Crippen molar-refractivity contribution >= 4 is 23.8 Å². The van der Waals surface area contributed by atoms with Gasteiger partial charge in [-0.3, -0.25) is 14.4 Å². The van der Waals surface area contributed by atoms with Crippen LogP contribution in [0.4, 0.5) is 0 Å². The van der Waals surface area contributed by atoms with E-state index < -0.39 is 11.8 Å². The van der Waals surface area contributed by atoms with Gasteiger partial charge >= 0.3 is 0 Å². The van der Waals surface area contributed by atoms with Crippen molar-refractivity contribution in [3.63, 3.8) is 0 Å². The lowest BCUT2D eigenvalue weighted by Gasteiger charge is -2.10. The van der Waals surface area contributed by atoms with Gasteiger partial charge in [0.05, 0.1) is 0 Å². The second kappa shape index (κ2) is 8.44. The number of hydrogen-bond acceptors (Lipinski definition) is 3. The Bertz CT molecular complexity index is 814. The fraction of sp³-hybridized carbons (Fsp3) is 0.105. The number of primary amides is 1. The Morgan fingerprint density at radius 2 is 1.76 bits per heavy atom. The summed E-state index contributed by atoms with van der Waals surface area (Å²) in [5.41, 5.74) is 7.27. The smallest absolute Gasteiger partial charge is 0.268 e. The van der Waals surface area contributed by atoms with E-state index in [4.69, 9.17) is 5.73 Å². The monoisotopic (exact) mass is 337 g/mol. The summed E-state index contributed by atoms with van der Waals surface area (Å²) in [6.07, 6.45) is 1.59. The van der Waals surface area contributed by atoms with E-state index >= 15 is 0 Å². The van der Waals surface area contributed by atoms with E-state index in [1.807, 2.05) is 30.3 Å². The first kappa shape index (κ1) is 17.9. The molecule has 0 bridgehead atoms. The highest BCUT2D eigenvalue weighted by Crippen LogP contribution is 2.07. The summed E-state index contributed by atoms with van der Waals surface area (Å²) in [6.45, 7) is 1.54. The normalized spacial score (nSPS) is 10.8. The van der Waals surface area contributed by atoms with Gasteiger partial charge in [-0.05, 0) is 29.3 Å². The third kappa shape index (κ3) is 5.62. The third-order valence-electron chi connectivity index (χ3n) is 3.33. The number of amides is 3. The lowest BCUT2D eigenvalue weighted by atomic mass is 10.1. The zero-order valence-electron chi connectivity index (χ0n) is 13.8. The van der Waals surface area contributed by atoms with Crippen LogP contribution in [0.15, 0.2) is 60.3 Å². The second-order valence-electron chi connectivity index (χ2n) is 5.40. The van der Waals surface area contributed by atoms with E-state index in [1.165, 1.54) is 6.92 Å². The molecule has 3 amide bonds. The Balaban J connectivity index is 2.12. The lowest BCUT2D eigenvalue weighted by Crippen LogP contribution is -2.33. The zero-order chi connectivity index (χ0) is 18.2. The van der Waals surface area contributed by atoms with Crippen LogP contribution in [0.2, 0.25) is 0 Å². The van der Waals surface area contributed by atoms with Crippen LogP contribution in [-0.2, 0) is 16.1 Å². The number of nitrogens with one attached hydrogen (secondary N) is 2. The SMILES string of the molecule is CC(=O)NC(=Cc1ccccc1)C(=O)NCc1cccc(C(N)=O)c1. The minimum atomic E-state index is -0.531. The maximum atomic E-state index is 12.4. The Kier molecular flexibility index (Phi) is 6.06. The number of rotatable bonds is 6. The van der Waals surface area contributed by atoms with Gasteiger partial charge in [-0.25, -0.2) is 0 Å². The van der Waals surface area contributed by atoms with Gasteiger partial charge in [-0.1, -0.05) is 42.5 Å². The molecule has 0 aliphatic carbocycles. The predicted molar refractivity (Wildman–Crippen MR) is 95.0 cm³/mol. The van der Waals surface area contributed by atoms with Crippen LogP contribution < -0.4 is 16.4 Å². The van der Waals surface area contributed by atoms with Crippen LogP contribution >= 0.6 is 0 Å². The summed E-state index contributed by atoms with van der Waals surface area (Å²) in [4.78, 5) is 35.0. The van der Waals surface area contributed by atoms with Crippen molar-refractivity contribution in [3.05, 3.63) is 77.0 Å². The molecule has 6 nitrogen and oxygen atoms in total. The first-order valence-electron chi connectivity index (χ1n) is 7.67. The molecule has 0 radical (unpaired) electrons. The summed E-state index contributed by atoms with van der Waals surface area (Å²) >= 11 is 0. The van der Waals surface area contributed by atoms with Gasteiger partial charge in [0.1, 0.15) is 5.70 Å². The molecule has 0 saturated heterocycles. The minimum Gasteiger partial charge on any atom is -0.366 e. The van der Waals surface area contributed by atoms with Crippen molar-refractivity contribution in [2.45, 2.75) is 13.5 Å². The van der Waals surface area contributed by atoms with E-state index in [9.17, 15) is 14.4 Å². The molecule has 0 spiro atoms. The van der Waals surface area contributed by atoms with E-state index in [1.54, 1.807) is 30.3 Å². The maximum Gasteiger partial charge on any atom is 0.268 e. The summed E-state index contributed by atoms with van der Waals surface area (Å²) in [5, 5.41) is 5.25. The number of nitrogens with two attached hydrogens (primary N) is 1. The van der Waals surface area contributed by atoms with E-state index in [-0.39, 0.29) is 18.1 Å². The van der Waals surface area contributed by atoms with Crippen LogP contribution in [0.3, 0.4) is 0 Å². The number of benzene rings is 2. The van der Waals surface area contributed by atoms with Gasteiger partial charge in [0, 0.05) is 19.0 Å². The van der Waals surface area contributed by atoms with Crippen molar-refractivity contribution in [3.8, 4) is 0 Å². The molecule has 0 aliphatic rings. The molecule has 128 valence electrons. The summed E-state index contributed by atoms with van der Waals surface area (Å²) in [7, 11) is 0. The van der Waals surface area contributed by atoms with Crippen molar-refractivity contribution in [2.75, 3.05) is 0 Å². The number of carbonyl (C=O) groups excluding carboxylic acids is 3. The second-order valence-corrected chi connectivity index (χ2v) is 5.40. The fourth-order valence-electron chi connectivity index (χ4n) is 2.18. The Hall–Kier alpha value is -3.41. The Morgan fingerprint density at radius 3 is 2.40 bits per heavy atom. The fourth-order valence-corrected chi connectivity index (χ4v) is 2.18. The summed E-state index contributed by atoms with van der Waals surface area (Å²) < 4.78 is 0. The van der Waals surface area contributed by atoms with Crippen molar-refractivity contribution in [1.82, 2.24) is 10.6 Å². The van der Waals surface area contributed by atoms with Crippen molar-refractivity contribution in [1.29, 1.82) is 0 Å². The molecule has 0 aromatic heterocycles. The zero-order valence-corrected chi connectivity index (χ0v) is 13.8. The largest absolute Gasteiger partial charge is 0.366 e. The molecule has 2 rings (SSSR count). The average Bonchev–Trinajstić information content (AvgIpc) is 2.60. The molecule has 2 aromatic rings. The Morgan fingerprint density at radius 1 is 1.04 bits per heavy atom. The van der Waals surface area contributed by atoms with Crippen molar-refractivity contribution < 1.29 is 14.4 Å². The molecular weight excluding hydrogens is 318 g/mol. The molecule has 0 aliphatic heterocycles. The topological polar surface area (TPSA) is 101 Å². The highest BCUT2D eigenvalue weighted by Gasteiger charge is 2.11. The average molecular weight is 337 g/mol. The minimum absolute atomic E-state index is 0.143. The predicted octanol–water partition coefficient (Wildman–Crippen LogP) is 1.58. The quantitative estimate of drug-likeness (QED) is 0.698. The molecule has 0 heterocycles. The maximum absolute atomic E-state index is 12.4. The number of hydrogen-bond donors (Lipinski definition) is 3.